The molecule has 0 fully saturated rings. The number of amides is 1. The van der Waals surface area contributed by atoms with Crippen LogP contribution < -0.4 is 19.5 Å². The molecule has 3 aromatic rings. The first-order valence-electron chi connectivity index (χ1n) is 10.6. The second kappa shape index (κ2) is 11.4. The Kier molecular flexibility index (Phi) is 8.58. The van der Waals surface area contributed by atoms with Crippen molar-refractivity contribution in [3.8, 4) is 28.5 Å². The fourth-order valence-electron chi connectivity index (χ4n) is 3.52. The molecule has 0 saturated heterocycles. The highest BCUT2D eigenvalue weighted by Gasteiger charge is 2.24. The maximum Gasteiger partial charge on any atom is 0.251 e. The Labute approximate surface area is 214 Å². The van der Waals surface area contributed by atoms with Gasteiger partial charge in [-0.25, -0.2) is 9.97 Å². The van der Waals surface area contributed by atoms with Crippen LogP contribution in [0.25, 0.3) is 11.3 Å². The van der Waals surface area contributed by atoms with Gasteiger partial charge in [0.05, 0.1) is 27.9 Å². The van der Waals surface area contributed by atoms with E-state index in [0.29, 0.717) is 39.6 Å². The normalized spacial score (nSPS) is 11.5. The Hall–Kier alpha value is -3.30. The van der Waals surface area contributed by atoms with Gasteiger partial charge in [0.25, 0.3) is 5.91 Å². The Balaban J connectivity index is 1.95. The highest BCUT2D eigenvalue weighted by molar-refractivity contribution is 7.80. The second-order valence-corrected chi connectivity index (χ2v) is 8.75. The van der Waals surface area contributed by atoms with E-state index in [1.165, 1.54) is 27.4 Å². The number of carbonyl (C=O) groups is 2. The molecule has 1 unspecified atom stereocenters. The van der Waals surface area contributed by atoms with Gasteiger partial charge in [0, 0.05) is 22.6 Å². The van der Waals surface area contributed by atoms with Gasteiger partial charge in [-0.2, -0.15) is 12.6 Å². The third-order valence-corrected chi connectivity index (χ3v) is 5.92. The van der Waals surface area contributed by atoms with Gasteiger partial charge in [-0.05, 0) is 55.3 Å². The van der Waals surface area contributed by atoms with Crippen LogP contribution in [0, 0.1) is 6.92 Å². The van der Waals surface area contributed by atoms with Crippen LogP contribution >= 0.6 is 24.2 Å². The van der Waals surface area contributed by atoms with Crippen molar-refractivity contribution < 1.29 is 23.8 Å². The zero-order valence-corrected chi connectivity index (χ0v) is 21.7. The zero-order chi connectivity index (χ0) is 25.7. The molecule has 10 heteroatoms. The molecule has 3 rings (SSSR count). The van der Waals surface area contributed by atoms with Gasteiger partial charge in [-0.15, -0.1) is 0 Å². The molecule has 0 aliphatic carbocycles. The number of carbonyl (C=O) groups excluding carboxylic acids is 2. The minimum atomic E-state index is -0.445. The molecule has 1 amide bonds. The molecular weight excluding hydrogens is 490 g/mol. The molecule has 1 aromatic carbocycles. The van der Waals surface area contributed by atoms with Crippen LogP contribution in [0.1, 0.15) is 44.1 Å². The molecule has 184 valence electrons. The molecule has 2 heterocycles. The second-order valence-electron chi connectivity index (χ2n) is 7.62. The van der Waals surface area contributed by atoms with E-state index in [2.05, 4.69) is 27.9 Å². The predicted molar refractivity (Wildman–Crippen MR) is 137 cm³/mol. The number of rotatable bonds is 9. The summed E-state index contributed by atoms with van der Waals surface area (Å²) in [5.41, 5.74) is 2.82. The number of aromatic nitrogens is 2. The number of thiol groups is 1. The highest BCUT2D eigenvalue weighted by Crippen LogP contribution is 2.38. The summed E-state index contributed by atoms with van der Waals surface area (Å²) in [6.45, 7) is 3.41. The van der Waals surface area contributed by atoms with Crippen LogP contribution in [0.2, 0.25) is 5.15 Å². The molecule has 8 nitrogen and oxygen atoms in total. The third-order valence-electron chi connectivity index (χ3n) is 5.36. The van der Waals surface area contributed by atoms with Crippen LogP contribution in [-0.4, -0.2) is 49.5 Å². The number of nitrogens with one attached hydrogen (secondary N) is 1. The van der Waals surface area contributed by atoms with E-state index >= 15 is 0 Å². The Morgan fingerprint density at radius 3 is 2.34 bits per heavy atom. The summed E-state index contributed by atoms with van der Waals surface area (Å²) < 4.78 is 16.0. The fraction of sp³-hybridized carbons (Fsp3) is 0.280. The molecule has 1 N–H and O–H groups in total. The van der Waals surface area contributed by atoms with E-state index in [1.807, 2.05) is 13.8 Å². The first-order chi connectivity index (χ1) is 16.7. The SMILES string of the molecule is COc1ccc(C(=O)NCC(=O)c2nc(-c3c(C)ccnc3Cl)c(OC)cc2C(C)S)cc1OC. The number of benzene rings is 1. The number of methoxy groups -OCH3 is 3. The fourth-order valence-corrected chi connectivity index (χ4v) is 4.01. The summed E-state index contributed by atoms with van der Waals surface area (Å²) in [5.74, 6) is 0.496. The van der Waals surface area contributed by atoms with Gasteiger partial charge < -0.3 is 19.5 Å². The van der Waals surface area contributed by atoms with Gasteiger partial charge in [0.15, 0.2) is 11.5 Å². The van der Waals surface area contributed by atoms with Crippen molar-refractivity contribution in [3.05, 3.63) is 64.1 Å². The number of hydrogen-bond acceptors (Lipinski definition) is 8. The molecule has 0 bridgehead atoms. The molecule has 0 aliphatic rings. The summed E-state index contributed by atoms with van der Waals surface area (Å²) in [5, 5.41) is 2.56. The molecular formula is C25H26ClN3O5S. The highest BCUT2D eigenvalue weighted by atomic mass is 35.5. The van der Waals surface area contributed by atoms with E-state index in [4.69, 9.17) is 25.8 Å². The number of Topliss-reactive ketones (excluding diaryl/α,β-unsaturated/α-hetero) is 1. The number of ether oxygens (including phenoxy) is 3. The lowest BCUT2D eigenvalue weighted by molar-refractivity contribution is 0.0901. The van der Waals surface area contributed by atoms with Crippen molar-refractivity contribution in [3.63, 3.8) is 0 Å². The van der Waals surface area contributed by atoms with E-state index in [1.54, 1.807) is 30.5 Å². The lowest BCUT2D eigenvalue weighted by Gasteiger charge is -2.17. The topological polar surface area (TPSA) is 99.6 Å². The summed E-state index contributed by atoms with van der Waals surface area (Å²) in [6, 6.07) is 8.25. The maximum absolute atomic E-state index is 13.2. The van der Waals surface area contributed by atoms with E-state index in [-0.39, 0.29) is 22.6 Å². The average Bonchev–Trinajstić information content (AvgIpc) is 2.85. The number of ketones is 1. The van der Waals surface area contributed by atoms with E-state index in [9.17, 15) is 9.59 Å². The minimum absolute atomic E-state index is 0.162. The Morgan fingerprint density at radius 2 is 1.74 bits per heavy atom. The van der Waals surface area contributed by atoms with Crippen molar-refractivity contribution in [1.29, 1.82) is 0 Å². The lowest BCUT2D eigenvalue weighted by Crippen LogP contribution is -2.30. The monoisotopic (exact) mass is 515 g/mol. The zero-order valence-electron chi connectivity index (χ0n) is 20.0. The van der Waals surface area contributed by atoms with E-state index in [0.717, 1.165) is 5.56 Å². The predicted octanol–water partition coefficient (Wildman–Crippen LogP) is 4.73. The Bertz CT molecular complexity index is 1250. The average molecular weight is 516 g/mol. The van der Waals surface area contributed by atoms with Crippen molar-refractivity contribution in [2.45, 2.75) is 19.1 Å². The molecule has 0 radical (unpaired) electrons. The third kappa shape index (κ3) is 5.68. The van der Waals surface area contributed by atoms with Crippen LogP contribution in [0.4, 0.5) is 0 Å². The van der Waals surface area contributed by atoms with Gasteiger partial charge in [-0.3, -0.25) is 9.59 Å². The van der Waals surface area contributed by atoms with Gasteiger partial charge in [0.2, 0.25) is 5.78 Å². The lowest BCUT2D eigenvalue weighted by atomic mass is 10.0. The first-order valence-corrected chi connectivity index (χ1v) is 11.5. The van der Waals surface area contributed by atoms with Crippen molar-refractivity contribution in [2.24, 2.45) is 0 Å². The van der Waals surface area contributed by atoms with Gasteiger partial charge in [0.1, 0.15) is 22.3 Å². The standard InChI is InChI=1S/C25H26ClN3O5S/c1-13-8-9-27-24(26)21(13)23-20(34-5)11-16(14(2)35)22(29-23)17(30)12-28-25(31)15-6-7-18(32-3)19(10-15)33-4/h6-11,14,35H,12H2,1-5H3,(H,28,31). The summed E-state index contributed by atoms with van der Waals surface area (Å²) in [6.07, 6.45) is 1.59. The Morgan fingerprint density at radius 1 is 1.06 bits per heavy atom. The molecule has 0 aliphatic heterocycles. The van der Waals surface area contributed by atoms with Crippen molar-refractivity contribution in [2.75, 3.05) is 27.9 Å². The van der Waals surface area contributed by atoms with Crippen molar-refractivity contribution >= 4 is 35.9 Å². The first kappa shape index (κ1) is 26.3. The number of hydrogen-bond donors (Lipinski definition) is 2. The number of pyridine rings is 2. The summed E-state index contributed by atoms with van der Waals surface area (Å²) in [4.78, 5) is 34.7. The molecule has 35 heavy (non-hydrogen) atoms. The van der Waals surface area contributed by atoms with Crippen LogP contribution in [0.3, 0.4) is 0 Å². The summed E-state index contributed by atoms with van der Waals surface area (Å²) >= 11 is 10.9. The molecule has 2 aromatic heterocycles. The maximum atomic E-state index is 13.2. The molecule has 0 saturated carbocycles. The smallest absolute Gasteiger partial charge is 0.251 e. The van der Waals surface area contributed by atoms with Gasteiger partial charge in [-0.1, -0.05) is 11.6 Å². The van der Waals surface area contributed by atoms with E-state index < -0.39 is 11.7 Å². The largest absolute Gasteiger partial charge is 0.494 e. The van der Waals surface area contributed by atoms with Crippen LogP contribution in [-0.2, 0) is 0 Å². The summed E-state index contributed by atoms with van der Waals surface area (Å²) in [7, 11) is 4.50. The number of aryl methyl sites for hydroxylation is 1. The van der Waals surface area contributed by atoms with Crippen molar-refractivity contribution in [1.82, 2.24) is 15.3 Å². The van der Waals surface area contributed by atoms with Crippen LogP contribution in [0.15, 0.2) is 36.5 Å². The quantitative estimate of drug-likeness (QED) is 0.241. The van der Waals surface area contributed by atoms with Crippen LogP contribution in [0.5, 0.6) is 17.2 Å². The van der Waals surface area contributed by atoms with Gasteiger partial charge >= 0.3 is 0 Å². The number of nitrogens with zero attached hydrogens (tertiary/aromatic N) is 2. The molecule has 0 spiro atoms. The number of halogens is 1. The minimum Gasteiger partial charge on any atom is -0.494 e. The molecule has 1 atom stereocenters.